The summed E-state index contributed by atoms with van der Waals surface area (Å²) < 4.78 is 4.67. The molecule has 2 heterocycles. The van der Waals surface area contributed by atoms with Crippen molar-refractivity contribution in [3.8, 4) is 0 Å². The van der Waals surface area contributed by atoms with Crippen LogP contribution in [-0.2, 0) is 4.74 Å². The van der Waals surface area contributed by atoms with Gasteiger partial charge in [0.15, 0.2) is 0 Å². The van der Waals surface area contributed by atoms with Crippen LogP contribution in [-0.4, -0.2) is 38.3 Å². The van der Waals surface area contributed by atoms with Crippen LogP contribution in [0.4, 0.5) is 0 Å². The van der Waals surface area contributed by atoms with E-state index in [2.05, 4.69) is 23.1 Å². The van der Waals surface area contributed by atoms with E-state index in [1.165, 1.54) is 25.9 Å². The van der Waals surface area contributed by atoms with E-state index >= 15 is 0 Å². The monoisotopic (exact) mass is 195 g/mol. The first-order chi connectivity index (χ1) is 5.89. The molecule has 0 spiro atoms. The Labute approximate surface area is 105 Å². The quantitative estimate of drug-likeness (QED) is 0.362. The van der Waals surface area contributed by atoms with Gasteiger partial charge in [-0.1, -0.05) is 27.1 Å². The molecule has 0 aromatic heterocycles. The van der Waals surface area contributed by atoms with Gasteiger partial charge in [0, 0.05) is 0 Å². The number of ether oxygens (including phenoxy) is 1. The summed E-state index contributed by atoms with van der Waals surface area (Å²) in [7, 11) is 2.17. The maximum Gasteiger partial charge on any atom is 1.00 e. The number of rotatable bonds is 0. The SMILES string of the molecule is CC.CN1CCCC1.[CH-]1COC1.[Na+]. The molecule has 0 aliphatic carbocycles. The second-order valence-corrected chi connectivity index (χ2v) is 2.84. The van der Waals surface area contributed by atoms with Crippen LogP contribution in [0, 0.1) is 6.42 Å². The zero-order valence-electron chi connectivity index (χ0n) is 9.68. The second-order valence-electron chi connectivity index (χ2n) is 2.84. The summed E-state index contributed by atoms with van der Waals surface area (Å²) in [5.41, 5.74) is 0. The maximum absolute atomic E-state index is 4.67. The van der Waals surface area contributed by atoms with Gasteiger partial charge in [0.1, 0.15) is 0 Å². The van der Waals surface area contributed by atoms with E-state index in [9.17, 15) is 0 Å². The number of nitrogens with zero attached hydrogens (tertiary/aromatic N) is 1. The summed E-state index contributed by atoms with van der Waals surface area (Å²) in [6.07, 6.45) is 4.91. The van der Waals surface area contributed by atoms with Crippen LogP contribution >= 0.6 is 0 Å². The van der Waals surface area contributed by atoms with Crippen molar-refractivity contribution < 1.29 is 34.3 Å². The Kier molecular flexibility index (Phi) is 16.3. The Balaban J connectivity index is 0. The topological polar surface area (TPSA) is 12.5 Å². The van der Waals surface area contributed by atoms with Crippen LogP contribution in [0.3, 0.4) is 0 Å². The van der Waals surface area contributed by atoms with Crippen LogP contribution in [0.15, 0.2) is 0 Å². The molecule has 0 unspecified atom stereocenters. The van der Waals surface area contributed by atoms with Gasteiger partial charge in [0.25, 0.3) is 0 Å². The van der Waals surface area contributed by atoms with Crippen LogP contribution in [0.2, 0.25) is 0 Å². The first-order valence-corrected chi connectivity index (χ1v) is 4.97. The summed E-state index contributed by atoms with van der Waals surface area (Å²) in [6.45, 7) is 8.39. The summed E-state index contributed by atoms with van der Waals surface area (Å²) in [5, 5.41) is 0. The normalized spacial score (nSPS) is 19.6. The summed E-state index contributed by atoms with van der Waals surface area (Å²) in [6, 6.07) is 0. The predicted octanol–water partition coefficient (Wildman–Crippen LogP) is -1.04. The fourth-order valence-corrected chi connectivity index (χ4v) is 0.993. The zero-order chi connectivity index (χ0) is 9.23. The van der Waals surface area contributed by atoms with E-state index in [0.717, 1.165) is 13.2 Å². The van der Waals surface area contributed by atoms with Crippen LogP contribution in [0.5, 0.6) is 0 Å². The molecule has 2 saturated heterocycles. The van der Waals surface area contributed by atoms with E-state index in [1.54, 1.807) is 0 Å². The summed E-state index contributed by atoms with van der Waals surface area (Å²) >= 11 is 0. The minimum absolute atomic E-state index is 0. The van der Waals surface area contributed by atoms with Crippen molar-refractivity contribution in [1.29, 1.82) is 0 Å². The molecule has 0 N–H and O–H groups in total. The molecule has 0 amide bonds. The van der Waals surface area contributed by atoms with Gasteiger partial charge >= 0.3 is 29.6 Å². The molecule has 0 aromatic rings. The van der Waals surface area contributed by atoms with Gasteiger partial charge in [-0.05, 0) is 33.0 Å². The van der Waals surface area contributed by atoms with Gasteiger partial charge < -0.3 is 9.64 Å². The van der Waals surface area contributed by atoms with Gasteiger partial charge in [0.05, 0.1) is 0 Å². The maximum atomic E-state index is 4.67. The molecule has 0 bridgehead atoms. The van der Waals surface area contributed by atoms with E-state index in [4.69, 9.17) is 0 Å². The van der Waals surface area contributed by atoms with Crippen molar-refractivity contribution in [3.05, 3.63) is 6.42 Å². The average molecular weight is 195 g/mol. The molecule has 0 saturated carbocycles. The fraction of sp³-hybridized carbons (Fsp3) is 0.900. The summed E-state index contributed by atoms with van der Waals surface area (Å²) in [4.78, 5) is 2.36. The largest absolute Gasteiger partial charge is 1.00 e. The Morgan fingerprint density at radius 3 is 1.46 bits per heavy atom. The second kappa shape index (κ2) is 12.9. The molecular formula is C10H22NNaO. The van der Waals surface area contributed by atoms with Crippen molar-refractivity contribution in [2.45, 2.75) is 26.7 Å². The smallest absolute Gasteiger partial charge is 0.445 e. The van der Waals surface area contributed by atoms with Gasteiger partial charge in [-0.25, -0.2) is 0 Å². The molecule has 0 aromatic carbocycles. The molecule has 74 valence electrons. The predicted molar refractivity (Wildman–Crippen MR) is 53.2 cm³/mol. The minimum atomic E-state index is 0. The van der Waals surface area contributed by atoms with Gasteiger partial charge in [0.2, 0.25) is 0 Å². The van der Waals surface area contributed by atoms with Crippen LogP contribution in [0.25, 0.3) is 0 Å². The molecule has 13 heavy (non-hydrogen) atoms. The molecule has 2 rings (SSSR count). The van der Waals surface area contributed by atoms with Crippen LogP contribution < -0.4 is 29.6 Å². The van der Waals surface area contributed by atoms with Gasteiger partial charge in [-0.15, -0.1) is 0 Å². The van der Waals surface area contributed by atoms with Gasteiger partial charge in [-0.3, -0.25) is 6.42 Å². The van der Waals surface area contributed by atoms with E-state index < -0.39 is 0 Å². The standard InChI is InChI=1S/C5H11N.C3H5O.C2H6.Na/c1-6-4-2-3-5-6;1-2-4-3-1;1-2;/h2-5H2,1H3;1H,2-3H2;1-2H3;/q;-1;;+1. The molecule has 3 heteroatoms. The molecule has 2 aliphatic rings. The average Bonchev–Trinajstić information content (AvgIpc) is 2.40. The number of hydrogen-bond donors (Lipinski definition) is 0. The third kappa shape index (κ3) is 10.8. The Morgan fingerprint density at radius 2 is 1.38 bits per heavy atom. The first kappa shape index (κ1) is 16.4. The minimum Gasteiger partial charge on any atom is -0.445 e. The van der Waals surface area contributed by atoms with Crippen LogP contribution in [0.1, 0.15) is 26.7 Å². The number of hydrogen-bond acceptors (Lipinski definition) is 2. The molecule has 0 radical (unpaired) electrons. The molecule has 2 aliphatic heterocycles. The Morgan fingerprint density at radius 1 is 1.08 bits per heavy atom. The summed E-state index contributed by atoms with van der Waals surface area (Å²) in [5.74, 6) is 0. The van der Waals surface area contributed by atoms with Crippen molar-refractivity contribution in [1.82, 2.24) is 4.90 Å². The molecule has 0 atom stereocenters. The molecule has 2 nitrogen and oxygen atoms in total. The third-order valence-electron chi connectivity index (χ3n) is 1.80. The number of likely N-dealkylation sites (tertiary alicyclic amines) is 1. The van der Waals surface area contributed by atoms with E-state index in [1.807, 2.05) is 13.8 Å². The fourth-order valence-electron chi connectivity index (χ4n) is 0.993. The van der Waals surface area contributed by atoms with Gasteiger partial charge in [-0.2, -0.15) is 0 Å². The van der Waals surface area contributed by atoms with E-state index in [0.29, 0.717) is 0 Å². The third-order valence-corrected chi connectivity index (χ3v) is 1.80. The van der Waals surface area contributed by atoms with Crippen molar-refractivity contribution in [2.75, 3.05) is 33.4 Å². The molecular weight excluding hydrogens is 173 g/mol. The molecule has 2 fully saturated rings. The Bertz CT molecular complexity index is 77.0. The van der Waals surface area contributed by atoms with Crippen molar-refractivity contribution >= 4 is 0 Å². The van der Waals surface area contributed by atoms with Crippen molar-refractivity contribution in [3.63, 3.8) is 0 Å². The Hall–Kier alpha value is 0.920. The first-order valence-electron chi connectivity index (χ1n) is 4.97. The van der Waals surface area contributed by atoms with E-state index in [-0.39, 0.29) is 29.6 Å². The van der Waals surface area contributed by atoms with Crippen molar-refractivity contribution in [2.24, 2.45) is 0 Å². The zero-order valence-corrected chi connectivity index (χ0v) is 11.7.